The fourth-order valence-electron chi connectivity index (χ4n) is 3.04. The summed E-state index contributed by atoms with van der Waals surface area (Å²) >= 11 is 0. The van der Waals surface area contributed by atoms with Crippen LogP contribution in [-0.2, 0) is 12.8 Å². The van der Waals surface area contributed by atoms with Crippen LogP contribution in [0.1, 0.15) is 27.9 Å². The van der Waals surface area contributed by atoms with Crippen LogP contribution in [0.25, 0.3) is 0 Å². The van der Waals surface area contributed by atoms with Gasteiger partial charge in [-0.2, -0.15) is 0 Å². The van der Waals surface area contributed by atoms with Crippen molar-refractivity contribution in [2.75, 3.05) is 25.5 Å². The Hall–Kier alpha value is -3.34. The first kappa shape index (κ1) is 20.4. The smallest absolute Gasteiger partial charge is 0.252 e. The maximum absolute atomic E-state index is 12.3. The van der Waals surface area contributed by atoms with Crippen LogP contribution in [0.5, 0.6) is 5.75 Å². The lowest BCUT2D eigenvalue weighted by Crippen LogP contribution is -2.25. The van der Waals surface area contributed by atoms with Gasteiger partial charge in [-0.3, -0.25) is 4.79 Å². The second-order valence-corrected chi connectivity index (χ2v) is 6.81. The summed E-state index contributed by atoms with van der Waals surface area (Å²) in [5, 5.41) is 6.24. The Balaban J connectivity index is 1.39. The number of pyridine rings is 1. The molecule has 0 aliphatic carbocycles. The van der Waals surface area contributed by atoms with Gasteiger partial charge in [0.05, 0.1) is 12.7 Å². The van der Waals surface area contributed by atoms with E-state index in [1.807, 2.05) is 36.4 Å². The molecule has 0 aliphatic rings. The zero-order valence-corrected chi connectivity index (χ0v) is 16.7. The average Bonchev–Trinajstić information content (AvgIpc) is 2.78. The maximum Gasteiger partial charge on any atom is 0.252 e. The third kappa shape index (κ3) is 6.64. The first-order valence-electron chi connectivity index (χ1n) is 9.89. The highest BCUT2D eigenvalue weighted by Gasteiger charge is 2.06. The molecule has 0 saturated heterocycles. The van der Waals surface area contributed by atoms with E-state index in [1.54, 1.807) is 19.4 Å². The number of carbonyl (C=O) groups is 1. The Morgan fingerprint density at radius 2 is 1.76 bits per heavy atom. The van der Waals surface area contributed by atoms with Crippen LogP contribution in [0.3, 0.4) is 0 Å². The lowest BCUT2D eigenvalue weighted by atomic mass is 10.1. The molecular formula is C24H27N3O2. The Kier molecular flexibility index (Phi) is 7.63. The Labute approximate surface area is 172 Å². The molecule has 3 rings (SSSR count). The van der Waals surface area contributed by atoms with Crippen molar-refractivity contribution in [2.24, 2.45) is 0 Å². The number of anilines is 1. The highest BCUT2D eigenvalue weighted by atomic mass is 16.5. The molecule has 1 heterocycles. The van der Waals surface area contributed by atoms with Crippen molar-refractivity contribution in [3.05, 3.63) is 89.6 Å². The van der Waals surface area contributed by atoms with Gasteiger partial charge in [0.2, 0.25) is 0 Å². The predicted octanol–water partition coefficient (Wildman–Crippen LogP) is 4.11. The predicted molar refractivity (Wildman–Crippen MR) is 117 cm³/mol. The standard InChI is InChI=1S/C24H27N3O2/c1-29-22-11-5-9-20(17-22)14-16-26-24(28)21-12-13-23(27-18-21)25-15-6-10-19-7-3-2-4-8-19/h2-5,7-9,11-13,17-18H,6,10,14-16H2,1H3,(H,25,27)(H,26,28). The van der Waals surface area contributed by atoms with E-state index in [0.717, 1.165) is 42.9 Å². The molecule has 1 aromatic heterocycles. The van der Waals surface area contributed by atoms with E-state index < -0.39 is 0 Å². The minimum Gasteiger partial charge on any atom is -0.497 e. The Morgan fingerprint density at radius 3 is 2.52 bits per heavy atom. The molecule has 0 saturated carbocycles. The third-order valence-corrected chi connectivity index (χ3v) is 4.65. The minimum atomic E-state index is -0.115. The number of hydrogen-bond donors (Lipinski definition) is 2. The maximum atomic E-state index is 12.3. The molecule has 5 nitrogen and oxygen atoms in total. The number of aromatic nitrogens is 1. The first-order chi connectivity index (χ1) is 14.2. The molecule has 29 heavy (non-hydrogen) atoms. The summed E-state index contributed by atoms with van der Waals surface area (Å²) in [6, 6.07) is 21.9. The molecule has 0 bridgehead atoms. The van der Waals surface area contributed by atoms with Gasteiger partial charge in [0.1, 0.15) is 11.6 Å². The summed E-state index contributed by atoms with van der Waals surface area (Å²) in [4.78, 5) is 16.6. The van der Waals surface area contributed by atoms with Gasteiger partial charge in [-0.1, -0.05) is 42.5 Å². The van der Waals surface area contributed by atoms with E-state index >= 15 is 0 Å². The number of methoxy groups -OCH3 is 1. The number of carbonyl (C=O) groups excluding carboxylic acids is 1. The summed E-state index contributed by atoms with van der Waals surface area (Å²) in [6.45, 7) is 1.40. The van der Waals surface area contributed by atoms with E-state index in [1.165, 1.54) is 5.56 Å². The monoisotopic (exact) mass is 389 g/mol. The topological polar surface area (TPSA) is 63.2 Å². The van der Waals surface area contributed by atoms with Crippen molar-refractivity contribution >= 4 is 11.7 Å². The molecular weight excluding hydrogens is 362 g/mol. The zero-order chi connectivity index (χ0) is 20.3. The Morgan fingerprint density at radius 1 is 0.931 bits per heavy atom. The number of nitrogens with one attached hydrogen (secondary N) is 2. The highest BCUT2D eigenvalue weighted by molar-refractivity contribution is 5.94. The number of ether oxygens (including phenoxy) is 1. The minimum absolute atomic E-state index is 0.115. The number of amides is 1. The fourth-order valence-corrected chi connectivity index (χ4v) is 3.04. The van der Waals surface area contributed by atoms with Crippen LogP contribution >= 0.6 is 0 Å². The van der Waals surface area contributed by atoms with Gasteiger partial charge >= 0.3 is 0 Å². The number of rotatable bonds is 10. The molecule has 3 aromatic rings. The van der Waals surface area contributed by atoms with E-state index in [4.69, 9.17) is 4.74 Å². The van der Waals surface area contributed by atoms with Gasteiger partial charge in [-0.05, 0) is 54.7 Å². The van der Waals surface area contributed by atoms with Crippen LogP contribution in [0, 0.1) is 0 Å². The summed E-state index contributed by atoms with van der Waals surface area (Å²) in [5.74, 6) is 1.49. The van der Waals surface area contributed by atoms with Crippen LogP contribution in [0.15, 0.2) is 72.9 Å². The van der Waals surface area contributed by atoms with Crippen LogP contribution in [-0.4, -0.2) is 31.1 Å². The van der Waals surface area contributed by atoms with Gasteiger partial charge in [0.15, 0.2) is 0 Å². The van der Waals surface area contributed by atoms with Crippen LogP contribution < -0.4 is 15.4 Å². The van der Waals surface area contributed by atoms with Gasteiger partial charge in [0, 0.05) is 19.3 Å². The third-order valence-electron chi connectivity index (χ3n) is 4.65. The molecule has 2 N–H and O–H groups in total. The van der Waals surface area contributed by atoms with E-state index in [-0.39, 0.29) is 5.91 Å². The van der Waals surface area contributed by atoms with Crippen molar-refractivity contribution < 1.29 is 9.53 Å². The molecule has 0 aliphatic heterocycles. The lowest BCUT2D eigenvalue weighted by Gasteiger charge is -2.08. The molecule has 150 valence electrons. The Bertz CT molecular complexity index is 896. The zero-order valence-electron chi connectivity index (χ0n) is 16.7. The van der Waals surface area contributed by atoms with Gasteiger partial charge in [-0.25, -0.2) is 4.98 Å². The summed E-state index contributed by atoms with van der Waals surface area (Å²) < 4.78 is 5.22. The van der Waals surface area contributed by atoms with E-state index in [0.29, 0.717) is 12.1 Å². The first-order valence-corrected chi connectivity index (χ1v) is 9.89. The summed E-state index contributed by atoms with van der Waals surface area (Å²) in [7, 11) is 1.65. The lowest BCUT2D eigenvalue weighted by molar-refractivity contribution is 0.0954. The van der Waals surface area contributed by atoms with Gasteiger partial charge < -0.3 is 15.4 Å². The SMILES string of the molecule is COc1cccc(CCNC(=O)c2ccc(NCCCc3ccccc3)nc2)c1. The average molecular weight is 389 g/mol. The highest BCUT2D eigenvalue weighted by Crippen LogP contribution is 2.12. The van der Waals surface area contributed by atoms with Crippen molar-refractivity contribution in [1.29, 1.82) is 0 Å². The summed E-state index contributed by atoms with van der Waals surface area (Å²) in [6.07, 6.45) is 4.41. The fraction of sp³-hybridized carbons (Fsp3) is 0.250. The summed E-state index contributed by atoms with van der Waals surface area (Å²) in [5.41, 5.74) is 3.02. The number of benzene rings is 2. The van der Waals surface area contributed by atoms with Crippen molar-refractivity contribution in [2.45, 2.75) is 19.3 Å². The van der Waals surface area contributed by atoms with Gasteiger partial charge in [-0.15, -0.1) is 0 Å². The van der Waals surface area contributed by atoms with Crippen molar-refractivity contribution in [3.63, 3.8) is 0 Å². The number of aryl methyl sites for hydroxylation is 1. The molecule has 0 unspecified atom stereocenters. The number of hydrogen-bond acceptors (Lipinski definition) is 4. The largest absolute Gasteiger partial charge is 0.497 e. The molecule has 0 atom stereocenters. The molecule has 0 radical (unpaired) electrons. The van der Waals surface area contributed by atoms with Gasteiger partial charge in [0.25, 0.3) is 5.91 Å². The van der Waals surface area contributed by atoms with Crippen molar-refractivity contribution in [3.8, 4) is 5.75 Å². The second kappa shape index (κ2) is 10.9. The molecule has 5 heteroatoms. The van der Waals surface area contributed by atoms with Crippen molar-refractivity contribution in [1.82, 2.24) is 10.3 Å². The molecule has 0 fully saturated rings. The molecule has 0 spiro atoms. The quantitative estimate of drug-likeness (QED) is 0.512. The van der Waals surface area contributed by atoms with Crippen LogP contribution in [0.4, 0.5) is 5.82 Å². The molecule has 1 amide bonds. The molecule has 2 aromatic carbocycles. The second-order valence-electron chi connectivity index (χ2n) is 6.81. The normalized spacial score (nSPS) is 10.4. The van der Waals surface area contributed by atoms with Crippen LogP contribution in [0.2, 0.25) is 0 Å². The number of nitrogens with zero attached hydrogens (tertiary/aromatic N) is 1. The van der Waals surface area contributed by atoms with E-state index in [2.05, 4.69) is 39.9 Å². The van der Waals surface area contributed by atoms with E-state index in [9.17, 15) is 4.79 Å².